The van der Waals surface area contributed by atoms with E-state index < -0.39 is 56.0 Å². The van der Waals surface area contributed by atoms with Crippen LogP contribution in [0.15, 0.2) is 28.0 Å². The first-order valence-corrected chi connectivity index (χ1v) is 14.8. The van der Waals surface area contributed by atoms with Crippen LogP contribution in [0.25, 0.3) is 0 Å². The van der Waals surface area contributed by atoms with Gasteiger partial charge in [0, 0.05) is 38.3 Å². The van der Waals surface area contributed by atoms with Crippen molar-refractivity contribution in [3.8, 4) is 0 Å². The number of piperazine rings is 1. The first-order chi connectivity index (χ1) is 15.1. The fourth-order valence-electron chi connectivity index (χ4n) is 4.68. The first kappa shape index (κ1) is 24.7. The van der Waals surface area contributed by atoms with Gasteiger partial charge in [0.05, 0.1) is 21.6 Å². The summed E-state index contributed by atoms with van der Waals surface area (Å²) in [5.74, 6) is -0.427. The van der Waals surface area contributed by atoms with Crippen LogP contribution in [-0.2, 0) is 29.7 Å². The monoisotopic (exact) mass is 531 g/mol. The molecule has 9 nitrogen and oxygen atoms in total. The molecule has 0 aromatic heterocycles. The van der Waals surface area contributed by atoms with Crippen molar-refractivity contribution in [3.63, 3.8) is 0 Å². The summed E-state index contributed by atoms with van der Waals surface area (Å²) in [5.41, 5.74) is -5.80. The molecule has 3 atom stereocenters. The van der Waals surface area contributed by atoms with Crippen molar-refractivity contribution >= 4 is 35.4 Å². The fourth-order valence-corrected chi connectivity index (χ4v) is 8.80. The van der Waals surface area contributed by atoms with E-state index in [-0.39, 0.29) is 30.9 Å². The second-order valence-electron chi connectivity index (χ2n) is 8.75. The molecular formula is C18H24F3N3O6S3. The molecule has 33 heavy (non-hydrogen) atoms. The Labute approximate surface area is 191 Å². The van der Waals surface area contributed by atoms with Gasteiger partial charge in [-0.15, -0.1) is 0 Å². The standard InChI is InChI=1S/C18H24F3N3O6S3/c1-12-9-23(5-6-31(12,25)26)33(29,30)15-3-4-16(17(8-15)32(27,28)18(19,20)21)24-11-13-7-14(24)10-22(13)2/h3-4,8,12-14H,5-7,9-11H2,1-2H3/t12-,13-,14-/m0/s1. The van der Waals surface area contributed by atoms with Crippen LogP contribution < -0.4 is 4.90 Å². The lowest BCUT2D eigenvalue weighted by Crippen LogP contribution is -2.48. The van der Waals surface area contributed by atoms with Gasteiger partial charge in [0.2, 0.25) is 10.0 Å². The number of alkyl halides is 3. The SMILES string of the molecule is C[C@H]1CN(S(=O)(=O)c2ccc(N3C[C@@H]4C[C@H]3CN4C)c(S(=O)(=O)C(F)(F)F)c2)CCS1(=O)=O. The third kappa shape index (κ3) is 4.05. The van der Waals surface area contributed by atoms with Crippen LogP contribution >= 0.6 is 0 Å². The minimum Gasteiger partial charge on any atom is -0.365 e. The molecule has 3 aliphatic heterocycles. The molecule has 2 bridgehead atoms. The second-order valence-corrected chi connectivity index (χ2v) is 15.1. The molecule has 0 radical (unpaired) electrons. The van der Waals surface area contributed by atoms with Crippen molar-refractivity contribution in [2.24, 2.45) is 0 Å². The molecule has 0 spiro atoms. The van der Waals surface area contributed by atoms with E-state index in [1.807, 2.05) is 11.9 Å². The van der Waals surface area contributed by atoms with E-state index in [9.17, 15) is 38.4 Å². The molecule has 4 rings (SSSR count). The highest BCUT2D eigenvalue weighted by Crippen LogP contribution is 2.42. The lowest BCUT2D eigenvalue weighted by atomic mass is 10.2. The number of hydrogen-bond donors (Lipinski definition) is 0. The summed E-state index contributed by atoms with van der Waals surface area (Å²) in [4.78, 5) is 1.91. The molecule has 1 aromatic rings. The van der Waals surface area contributed by atoms with E-state index in [2.05, 4.69) is 0 Å². The Morgan fingerprint density at radius 2 is 1.70 bits per heavy atom. The molecule has 1 aromatic carbocycles. The summed E-state index contributed by atoms with van der Waals surface area (Å²) in [6.45, 7) is 1.50. The van der Waals surface area contributed by atoms with Crippen molar-refractivity contribution in [1.29, 1.82) is 0 Å². The van der Waals surface area contributed by atoms with Gasteiger partial charge < -0.3 is 4.90 Å². The van der Waals surface area contributed by atoms with Crippen LogP contribution in [-0.4, -0.2) is 96.3 Å². The number of sulfone groups is 2. The van der Waals surface area contributed by atoms with Crippen LogP contribution in [0, 0.1) is 0 Å². The smallest absolute Gasteiger partial charge is 0.365 e. The number of nitrogens with zero attached hydrogens (tertiary/aromatic N) is 3. The molecule has 3 heterocycles. The average molecular weight is 532 g/mol. The van der Waals surface area contributed by atoms with Gasteiger partial charge in [0.1, 0.15) is 4.90 Å². The zero-order valence-electron chi connectivity index (χ0n) is 17.9. The topological polar surface area (TPSA) is 112 Å². The maximum Gasteiger partial charge on any atom is 0.501 e. The summed E-state index contributed by atoms with van der Waals surface area (Å²) in [6, 6.07) is 2.63. The second kappa shape index (κ2) is 7.80. The Hall–Kier alpha value is -1.42. The number of benzene rings is 1. The number of sulfonamides is 1. The molecule has 0 unspecified atom stereocenters. The number of likely N-dealkylation sites (tertiary alicyclic amines) is 1. The number of hydrogen-bond acceptors (Lipinski definition) is 8. The number of likely N-dealkylation sites (N-methyl/N-ethyl adjacent to an activating group) is 1. The van der Waals surface area contributed by atoms with Gasteiger partial charge in [-0.25, -0.2) is 25.3 Å². The molecule has 0 N–H and O–H groups in total. The lowest BCUT2D eigenvalue weighted by Gasteiger charge is -2.35. The van der Waals surface area contributed by atoms with Gasteiger partial charge in [-0.1, -0.05) is 0 Å². The molecule has 0 aliphatic carbocycles. The van der Waals surface area contributed by atoms with Gasteiger partial charge in [0.15, 0.2) is 9.84 Å². The van der Waals surface area contributed by atoms with E-state index in [1.54, 1.807) is 4.90 Å². The number of halogens is 3. The molecule has 3 saturated heterocycles. The molecule has 3 aliphatic rings. The Morgan fingerprint density at radius 3 is 2.21 bits per heavy atom. The van der Waals surface area contributed by atoms with Gasteiger partial charge in [-0.3, -0.25) is 4.90 Å². The summed E-state index contributed by atoms with van der Waals surface area (Å²) < 4.78 is 116. The highest BCUT2D eigenvalue weighted by atomic mass is 32.2. The van der Waals surface area contributed by atoms with E-state index in [1.165, 1.54) is 6.92 Å². The van der Waals surface area contributed by atoms with Crippen molar-refractivity contribution in [1.82, 2.24) is 9.21 Å². The minimum atomic E-state index is -5.85. The van der Waals surface area contributed by atoms with Crippen LogP contribution in [0.2, 0.25) is 0 Å². The molecule has 0 amide bonds. The predicted molar refractivity (Wildman–Crippen MR) is 114 cm³/mol. The number of rotatable bonds is 4. The van der Waals surface area contributed by atoms with Crippen molar-refractivity contribution in [2.75, 3.05) is 43.9 Å². The van der Waals surface area contributed by atoms with Gasteiger partial charge in [0.25, 0.3) is 9.84 Å². The van der Waals surface area contributed by atoms with Crippen molar-refractivity contribution < 1.29 is 38.4 Å². The van der Waals surface area contributed by atoms with E-state index in [0.717, 1.165) is 16.4 Å². The molecule has 0 saturated carbocycles. The van der Waals surface area contributed by atoms with Gasteiger partial charge in [-0.05, 0) is 38.6 Å². The molecule has 186 valence electrons. The quantitative estimate of drug-likeness (QED) is 0.558. The maximum atomic E-state index is 13.5. The number of fused-ring (bicyclic) bond motifs is 2. The molecule has 15 heteroatoms. The third-order valence-electron chi connectivity index (χ3n) is 6.69. The summed E-state index contributed by atoms with van der Waals surface area (Å²) >= 11 is 0. The summed E-state index contributed by atoms with van der Waals surface area (Å²) in [6.07, 6.45) is 0.669. The van der Waals surface area contributed by atoms with Crippen LogP contribution in [0.1, 0.15) is 13.3 Å². The molecule has 3 fully saturated rings. The van der Waals surface area contributed by atoms with Crippen molar-refractivity contribution in [3.05, 3.63) is 18.2 Å². The third-order valence-corrected chi connectivity index (χ3v) is 12.2. The van der Waals surface area contributed by atoms with Crippen LogP contribution in [0.3, 0.4) is 0 Å². The average Bonchev–Trinajstić information content (AvgIpc) is 3.28. The Morgan fingerprint density at radius 1 is 1.03 bits per heavy atom. The maximum absolute atomic E-state index is 13.5. The predicted octanol–water partition coefficient (Wildman–Crippen LogP) is 0.680. The minimum absolute atomic E-state index is 0.0663. The highest BCUT2D eigenvalue weighted by Gasteiger charge is 2.51. The fraction of sp³-hybridized carbons (Fsp3) is 0.667. The van der Waals surface area contributed by atoms with Gasteiger partial charge in [-0.2, -0.15) is 17.5 Å². The van der Waals surface area contributed by atoms with Crippen molar-refractivity contribution in [2.45, 2.75) is 46.0 Å². The lowest BCUT2D eigenvalue weighted by molar-refractivity contribution is -0.0436. The van der Waals surface area contributed by atoms with E-state index in [4.69, 9.17) is 0 Å². The Bertz CT molecular complexity index is 1280. The number of anilines is 1. The summed E-state index contributed by atoms with van der Waals surface area (Å²) in [7, 11) is -11.9. The first-order valence-electron chi connectivity index (χ1n) is 10.2. The summed E-state index contributed by atoms with van der Waals surface area (Å²) in [5, 5.41) is -0.990. The van der Waals surface area contributed by atoms with E-state index in [0.29, 0.717) is 25.6 Å². The Balaban J connectivity index is 1.78. The van der Waals surface area contributed by atoms with Crippen LogP contribution in [0.5, 0.6) is 0 Å². The van der Waals surface area contributed by atoms with Crippen LogP contribution in [0.4, 0.5) is 18.9 Å². The zero-order valence-corrected chi connectivity index (χ0v) is 20.3. The molecular weight excluding hydrogens is 507 g/mol. The largest absolute Gasteiger partial charge is 0.501 e. The normalized spacial score (nSPS) is 29.0. The van der Waals surface area contributed by atoms with E-state index >= 15 is 0 Å². The Kier molecular flexibility index (Phi) is 5.84. The highest BCUT2D eigenvalue weighted by molar-refractivity contribution is 7.93. The zero-order chi connectivity index (χ0) is 24.6. The van der Waals surface area contributed by atoms with Gasteiger partial charge >= 0.3 is 5.51 Å².